The Balaban J connectivity index is 1.76. The molecule has 3 N–H and O–H groups in total. The number of hydrogen-bond donors (Lipinski definition) is 3. The van der Waals surface area contributed by atoms with Crippen LogP contribution < -0.4 is 10.9 Å². The Morgan fingerprint density at radius 3 is 2.43 bits per heavy atom. The molecule has 1 aliphatic rings. The number of rotatable bonds is 4. The van der Waals surface area contributed by atoms with Gasteiger partial charge >= 0.3 is 6.18 Å². The topological polar surface area (TPSA) is 90.6 Å². The summed E-state index contributed by atoms with van der Waals surface area (Å²) in [6.07, 6.45) is 1.37. The normalized spacial score (nSPS) is 17.2. The first kappa shape index (κ1) is 19.7. The van der Waals surface area contributed by atoms with Gasteiger partial charge in [0.05, 0.1) is 17.3 Å². The van der Waals surface area contributed by atoms with Crippen LogP contribution in [-0.4, -0.2) is 27.1 Å². The van der Waals surface area contributed by atoms with E-state index in [1.165, 1.54) is 18.3 Å². The summed E-state index contributed by atoms with van der Waals surface area (Å²) in [7, 11) is 0. The molecule has 30 heavy (non-hydrogen) atoms. The second-order valence-electron chi connectivity index (χ2n) is 6.97. The molecule has 9 heteroatoms. The molecule has 154 valence electrons. The molecular weight excluding hydrogens is 397 g/mol. The van der Waals surface area contributed by atoms with Crippen molar-refractivity contribution in [2.24, 2.45) is 0 Å². The molecule has 1 amide bonds. The molecule has 0 bridgehead atoms. The van der Waals surface area contributed by atoms with Crippen LogP contribution in [0.4, 0.5) is 13.2 Å². The lowest BCUT2D eigenvalue weighted by Crippen LogP contribution is -2.23. The third-order valence-corrected chi connectivity index (χ3v) is 4.93. The number of amides is 1. The molecule has 1 aromatic carbocycles. The summed E-state index contributed by atoms with van der Waals surface area (Å²) >= 11 is 0. The monoisotopic (exact) mass is 414 g/mol. The van der Waals surface area contributed by atoms with Gasteiger partial charge in [0.1, 0.15) is 0 Å². The van der Waals surface area contributed by atoms with E-state index in [0.717, 1.165) is 12.1 Å². The van der Waals surface area contributed by atoms with Gasteiger partial charge in [0.15, 0.2) is 0 Å². The molecule has 0 spiro atoms. The molecule has 0 unspecified atom stereocenters. The predicted octanol–water partition coefficient (Wildman–Crippen LogP) is 3.49. The van der Waals surface area contributed by atoms with Crippen molar-refractivity contribution < 1.29 is 18.0 Å². The van der Waals surface area contributed by atoms with E-state index in [9.17, 15) is 22.8 Å². The first-order valence-electron chi connectivity index (χ1n) is 9.23. The first-order valence-corrected chi connectivity index (χ1v) is 9.23. The lowest BCUT2D eigenvalue weighted by molar-refractivity contribution is -0.137. The molecule has 3 heterocycles. The Morgan fingerprint density at radius 1 is 1.10 bits per heavy atom. The minimum atomic E-state index is -4.44. The largest absolute Gasteiger partial charge is 0.416 e. The molecule has 2 aromatic heterocycles. The van der Waals surface area contributed by atoms with Gasteiger partial charge in [-0.2, -0.15) is 18.3 Å². The van der Waals surface area contributed by atoms with Crippen molar-refractivity contribution in [2.75, 3.05) is 0 Å². The molecule has 0 saturated carbocycles. The number of nitrogens with one attached hydrogen (secondary N) is 3. The van der Waals surface area contributed by atoms with Crippen LogP contribution in [0.2, 0.25) is 0 Å². The number of aromatic nitrogens is 3. The highest BCUT2D eigenvalue weighted by Crippen LogP contribution is 2.31. The fraction of sp³-hybridized carbons (Fsp3) is 0.190. The van der Waals surface area contributed by atoms with Crippen LogP contribution in [0.3, 0.4) is 0 Å². The van der Waals surface area contributed by atoms with Gasteiger partial charge in [-0.1, -0.05) is 18.2 Å². The van der Waals surface area contributed by atoms with Gasteiger partial charge in [0, 0.05) is 35.5 Å². The highest BCUT2D eigenvalue weighted by molar-refractivity contribution is 5.82. The Bertz CT molecular complexity index is 1150. The lowest BCUT2D eigenvalue weighted by Gasteiger charge is -2.14. The molecule has 1 aliphatic heterocycles. The van der Waals surface area contributed by atoms with E-state index in [0.29, 0.717) is 40.8 Å². The molecule has 1 fully saturated rings. The maximum atomic E-state index is 12.9. The zero-order valence-electron chi connectivity index (χ0n) is 15.6. The number of alkyl halides is 3. The zero-order valence-corrected chi connectivity index (χ0v) is 15.6. The molecular formula is C21H17F3N4O2. The van der Waals surface area contributed by atoms with E-state index in [4.69, 9.17) is 0 Å². The smallest absolute Gasteiger partial charge is 0.350 e. The minimum Gasteiger partial charge on any atom is -0.350 e. The van der Waals surface area contributed by atoms with E-state index in [1.54, 1.807) is 24.4 Å². The highest BCUT2D eigenvalue weighted by atomic mass is 19.4. The number of H-pyrrole nitrogens is 2. The van der Waals surface area contributed by atoms with E-state index in [1.807, 2.05) is 0 Å². The summed E-state index contributed by atoms with van der Waals surface area (Å²) in [6.45, 7) is 0. The maximum Gasteiger partial charge on any atom is 0.416 e. The second kappa shape index (κ2) is 7.66. The number of carbonyl (C=O) groups excluding carboxylic acids is 1. The summed E-state index contributed by atoms with van der Waals surface area (Å²) in [5.41, 5.74) is 1.38. The third-order valence-electron chi connectivity index (χ3n) is 4.93. The molecule has 1 atom stereocenters. The number of benzene rings is 1. The van der Waals surface area contributed by atoms with Crippen LogP contribution in [0.15, 0.2) is 59.7 Å². The SMILES string of the molecule is O=C1CC[C@H](/C=C(/c2ccc(C(F)(F)F)cc2)c2ccc(-c3cn[nH]c3)c(=O)[nH]2)N1. The van der Waals surface area contributed by atoms with Crippen molar-refractivity contribution in [2.45, 2.75) is 25.1 Å². The van der Waals surface area contributed by atoms with E-state index >= 15 is 0 Å². The van der Waals surface area contributed by atoms with E-state index in [-0.39, 0.29) is 17.5 Å². The zero-order chi connectivity index (χ0) is 21.3. The van der Waals surface area contributed by atoms with Crippen molar-refractivity contribution in [3.63, 3.8) is 0 Å². The summed E-state index contributed by atoms with van der Waals surface area (Å²) in [5.74, 6) is -0.0909. The van der Waals surface area contributed by atoms with Gasteiger partial charge in [-0.05, 0) is 36.2 Å². The Labute approximate surface area is 168 Å². The molecule has 0 aliphatic carbocycles. The molecule has 1 saturated heterocycles. The van der Waals surface area contributed by atoms with Crippen molar-refractivity contribution in [3.8, 4) is 11.1 Å². The Kier molecular flexibility index (Phi) is 5.03. The van der Waals surface area contributed by atoms with Crippen molar-refractivity contribution >= 4 is 11.5 Å². The van der Waals surface area contributed by atoms with E-state index in [2.05, 4.69) is 20.5 Å². The van der Waals surface area contributed by atoms with Gasteiger partial charge in [-0.3, -0.25) is 14.7 Å². The average molecular weight is 414 g/mol. The van der Waals surface area contributed by atoms with Gasteiger partial charge in [-0.25, -0.2) is 0 Å². The van der Waals surface area contributed by atoms with Crippen LogP contribution >= 0.6 is 0 Å². The van der Waals surface area contributed by atoms with Crippen molar-refractivity contribution in [1.29, 1.82) is 0 Å². The maximum absolute atomic E-state index is 12.9. The lowest BCUT2D eigenvalue weighted by atomic mass is 9.97. The summed E-state index contributed by atoms with van der Waals surface area (Å²) in [4.78, 5) is 27.0. The summed E-state index contributed by atoms with van der Waals surface area (Å²) in [6, 6.07) is 7.74. The highest BCUT2D eigenvalue weighted by Gasteiger charge is 2.30. The van der Waals surface area contributed by atoms with Gasteiger partial charge < -0.3 is 10.3 Å². The predicted molar refractivity (Wildman–Crippen MR) is 104 cm³/mol. The van der Waals surface area contributed by atoms with Crippen LogP contribution in [0.5, 0.6) is 0 Å². The number of hydrogen-bond acceptors (Lipinski definition) is 3. The van der Waals surface area contributed by atoms with Crippen LogP contribution in [0.25, 0.3) is 16.7 Å². The van der Waals surface area contributed by atoms with Crippen molar-refractivity contribution in [3.05, 3.63) is 82.0 Å². The van der Waals surface area contributed by atoms with Crippen LogP contribution in [0, 0.1) is 0 Å². The standard InChI is InChI=1S/C21H17F3N4O2/c22-21(23,24)14-3-1-12(2-4-14)17(9-15-5-8-19(29)27-15)18-7-6-16(20(30)28-18)13-10-25-26-11-13/h1-4,6-7,9-11,15H,5,8H2,(H,25,26)(H,27,29)(H,28,30)/b17-9-/t15-/m1/s1. The molecule has 0 radical (unpaired) electrons. The number of aromatic amines is 2. The minimum absolute atomic E-state index is 0.0909. The first-order chi connectivity index (χ1) is 14.3. The second-order valence-corrected chi connectivity index (χ2v) is 6.97. The average Bonchev–Trinajstić information content (AvgIpc) is 3.37. The number of pyridine rings is 1. The fourth-order valence-electron chi connectivity index (χ4n) is 3.40. The Hall–Kier alpha value is -3.62. The Morgan fingerprint density at radius 2 is 1.87 bits per heavy atom. The van der Waals surface area contributed by atoms with E-state index < -0.39 is 11.7 Å². The fourth-order valence-corrected chi connectivity index (χ4v) is 3.40. The number of nitrogens with zero attached hydrogens (tertiary/aromatic N) is 1. The van der Waals surface area contributed by atoms with Gasteiger partial charge in [0.2, 0.25) is 5.91 Å². The summed E-state index contributed by atoms with van der Waals surface area (Å²) in [5, 5.41) is 9.28. The van der Waals surface area contributed by atoms with Crippen molar-refractivity contribution in [1.82, 2.24) is 20.5 Å². The quantitative estimate of drug-likeness (QED) is 0.610. The molecule has 3 aromatic rings. The van der Waals surface area contributed by atoms with Gasteiger partial charge in [-0.15, -0.1) is 0 Å². The number of halogens is 3. The third kappa shape index (κ3) is 4.05. The van der Waals surface area contributed by atoms with Crippen LogP contribution in [-0.2, 0) is 11.0 Å². The van der Waals surface area contributed by atoms with Crippen LogP contribution in [0.1, 0.15) is 29.7 Å². The number of carbonyl (C=O) groups is 1. The summed E-state index contributed by atoms with van der Waals surface area (Å²) < 4.78 is 38.8. The van der Waals surface area contributed by atoms with Gasteiger partial charge in [0.25, 0.3) is 5.56 Å². The molecule has 6 nitrogen and oxygen atoms in total. The molecule has 4 rings (SSSR count).